The van der Waals surface area contributed by atoms with Crippen molar-refractivity contribution in [3.63, 3.8) is 0 Å². The molecule has 0 aliphatic heterocycles. The first-order valence-electron chi connectivity index (χ1n) is 3.96. The normalized spacial score (nSPS) is 9.73. The minimum absolute atomic E-state index is 0.0237. The van der Waals surface area contributed by atoms with Gasteiger partial charge in [0.2, 0.25) is 0 Å². The third kappa shape index (κ3) is 2.66. The lowest BCUT2D eigenvalue weighted by Gasteiger charge is -2.03. The lowest BCUT2D eigenvalue weighted by molar-refractivity contribution is -0.385. The van der Waals surface area contributed by atoms with Crippen LogP contribution in [0.3, 0.4) is 0 Å². The number of nitro benzene ring substituents is 1. The van der Waals surface area contributed by atoms with Crippen LogP contribution in [-0.4, -0.2) is 10.9 Å². The fourth-order valence-electron chi connectivity index (χ4n) is 1.10. The molecule has 80 valence electrons. The Labute approximate surface area is 94.3 Å². The minimum Gasteiger partial charge on any atom is -0.370 e. The second-order valence-electron chi connectivity index (χ2n) is 2.86. The van der Waals surface area contributed by atoms with E-state index in [4.69, 9.17) is 11.5 Å². The van der Waals surface area contributed by atoms with E-state index < -0.39 is 4.92 Å². The molecule has 0 aliphatic rings. The van der Waals surface area contributed by atoms with Crippen LogP contribution >= 0.6 is 15.9 Å². The molecule has 0 unspecified atom stereocenters. The van der Waals surface area contributed by atoms with E-state index in [0.717, 1.165) is 0 Å². The summed E-state index contributed by atoms with van der Waals surface area (Å²) in [5.41, 5.74) is 11.2. The van der Waals surface area contributed by atoms with E-state index in [1.807, 2.05) is 0 Å². The van der Waals surface area contributed by atoms with Crippen LogP contribution in [0.1, 0.15) is 5.56 Å². The van der Waals surface area contributed by atoms with Crippen LogP contribution in [0.15, 0.2) is 21.6 Å². The average Bonchev–Trinajstić information content (AvgIpc) is 2.09. The third-order valence-corrected chi connectivity index (χ3v) is 2.22. The molecular formula is C8H9BrN4O2. The van der Waals surface area contributed by atoms with Crippen LogP contribution in [0.4, 0.5) is 11.4 Å². The first-order chi connectivity index (χ1) is 6.91. The molecule has 0 spiro atoms. The zero-order valence-electron chi connectivity index (χ0n) is 7.90. The van der Waals surface area contributed by atoms with E-state index in [1.54, 1.807) is 13.0 Å². The SMILES string of the molecule is Cc1c(N=C(N)N)cc(Br)cc1[N+](=O)[O-]. The van der Waals surface area contributed by atoms with Gasteiger partial charge in [-0.2, -0.15) is 0 Å². The fourth-order valence-corrected chi connectivity index (χ4v) is 1.53. The standard InChI is InChI=1S/C8H9BrN4O2/c1-4-6(12-8(10)11)2-5(9)3-7(4)13(14)15/h2-3H,1H3,(H4,10,11,12). The quantitative estimate of drug-likeness (QED) is 0.369. The van der Waals surface area contributed by atoms with Crippen molar-refractivity contribution in [1.29, 1.82) is 0 Å². The zero-order valence-corrected chi connectivity index (χ0v) is 9.48. The first-order valence-corrected chi connectivity index (χ1v) is 4.75. The van der Waals surface area contributed by atoms with Crippen LogP contribution in [0.25, 0.3) is 0 Å². The predicted molar refractivity (Wildman–Crippen MR) is 61.0 cm³/mol. The molecule has 1 rings (SSSR count). The van der Waals surface area contributed by atoms with Crippen molar-refractivity contribution in [3.05, 3.63) is 32.3 Å². The first kappa shape index (κ1) is 11.4. The minimum atomic E-state index is -0.480. The van der Waals surface area contributed by atoms with Crippen molar-refractivity contribution in [2.75, 3.05) is 0 Å². The van der Waals surface area contributed by atoms with Gasteiger partial charge in [0.25, 0.3) is 5.69 Å². The molecule has 15 heavy (non-hydrogen) atoms. The van der Waals surface area contributed by atoms with Gasteiger partial charge in [-0.1, -0.05) is 15.9 Å². The molecule has 1 aromatic carbocycles. The van der Waals surface area contributed by atoms with Crippen LogP contribution in [-0.2, 0) is 0 Å². The van der Waals surface area contributed by atoms with E-state index in [9.17, 15) is 10.1 Å². The van der Waals surface area contributed by atoms with Gasteiger partial charge < -0.3 is 11.5 Å². The monoisotopic (exact) mass is 272 g/mol. The van der Waals surface area contributed by atoms with Gasteiger partial charge in [0, 0.05) is 10.5 Å². The molecule has 4 N–H and O–H groups in total. The summed E-state index contributed by atoms with van der Waals surface area (Å²) < 4.78 is 0.555. The van der Waals surface area contributed by atoms with Crippen molar-refractivity contribution in [2.24, 2.45) is 16.5 Å². The van der Waals surface area contributed by atoms with Crippen molar-refractivity contribution >= 4 is 33.3 Å². The Bertz CT molecular complexity index is 441. The van der Waals surface area contributed by atoms with Gasteiger partial charge >= 0.3 is 0 Å². The molecule has 0 bridgehead atoms. The maximum absolute atomic E-state index is 10.7. The fraction of sp³-hybridized carbons (Fsp3) is 0.125. The molecule has 0 saturated heterocycles. The van der Waals surface area contributed by atoms with Crippen molar-refractivity contribution in [1.82, 2.24) is 0 Å². The number of nitro groups is 1. The highest BCUT2D eigenvalue weighted by atomic mass is 79.9. The maximum atomic E-state index is 10.7. The highest BCUT2D eigenvalue weighted by molar-refractivity contribution is 9.10. The number of nitrogens with zero attached hydrogens (tertiary/aromatic N) is 2. The second-order valence-corrected chi connectivity index (χ2v) is 3.78. The predicted octanol–water partition coefficient (Wildman–Crippen LogP) is 1.57. The molecule has 6 nitrogen and oxygen atoms in total. The summed E-state index contributed by atoms with van der Waals surface area (Å²) in [6.07, 6.45) is 0. The summed E-state index contributed by atoms with van der Waals surface area (Å²) in [4.78, 5) is 14.0. The van der Waals surface area contributed by atoms with Gasteiger partial charge in [-0.25, -0.2) is 4.99 Å². The Hall–Kier alpha value is -1.63. The van der Waals surface area contributed by atoms with E-state index in [1.165, 1.54) is 6.07 Å². The highest BCUT2D eigenvalue weighted by Gasteiger charge is 2.15. The van der Waals surface area contributed by atoms with Gasteiger partial charge in [-0.3, -0.25) is 10.1 Å². The summed E-state index contributed by atoms with van der Waals surface area (Å²) in [6, 6.07) is 3.02. The molecule has 0 fully saturated rings. The number of guanidine groups is 1. The van der Waals surface area contributed by atoms with Crippen LogP contribution in [0, 0.1) is 17.0 Å². The summed E-state index contributed by atoms with van der Waals surface area (Å²) in [5.74, 6) is -0.134. The topological polar surface area (TPSA) is 108 Å². The highest BCUT2D eigenvalue weighted by Crippen LogP contribution is 2.31. The van der Waals surface area contributed by atoms with E-state index in [2.05, 4.69) is 20.9 Å². The van der Waals surface area contributed by atoms with Crippen molar-refractivity contribution < 1.29 is 4.92 Å². The third-order valence-electron chi connectivity index (χ3n) is 1.76. The second kappa shape index (κ2) is 4.26. The van der Waals surface area contributed by atoms with Gasteiger partial charge in [0.1, 0.15) is 0 Å². The van der Waals surface area contributed by atoms with Gasteiger partial charge in [0.15, 0.2) is 5.96 Å². The summed E-state index contributed by atoms with van der Waals surface area (Å²) in [5, 5.41) is 10.7. The van der Waals surface area contributed by atoms with Gasteiger partial charge in [0.05, 0.1) is 16.2 Å². The number of aliphatic imine (C=N–C) groups is 1. The summed E-state index contributed by atoms with van der Waals surface area (Å²) >= 11 is 3.15. The lowest BCUT2D eigenvalue weighted by atomic mass is 10.1. The summed E-state index contributed by atoms with van der Waals surface area (Å²) in [6.45, 7) is 1.59. The Morgan fingerprint density at radius 3 is 2.60 bits per heavy atom. The molecular weight excluding hydrogens is 264 g/mol. The smallest absolute Gasteiger partial charge is 0.275 e. The van der Waals surface area contributed by atoms with E-state index >= 15 is 0 Å². The van der Waals surface area contributed by atoms with Crippen LogP contribution < -0.4 is 11.5 Å². The Kier molecular flexibility index (Phi) is 3.25. The van der Waals surface area contributed by atoms with Crippen LogP contribution in [0.2, 0.25) is 0 Å². The molecule has 0 radical (unpaired) electrons. The lowest BCUT2D eigenvalue weighted by Crippen LogP contribution is -2.22. The molecule has 0 atom stereocenters. The number of hydrogen-bond acceptors (Lipinski definition) is 3. The number of rotatable bonds is 2. The largest absolute Gasteiger partial charge is 0.370 e. The van der Waals surface area contributed by atoms with E-state index in [-0.39, 0.29) is 11.6 Å². The molecule has 7 heteroatoms. The summed E-state index contributed by atoms with van der Waals surface area (Å²) in [7, 11) is 0. The molecule has 0 aromatic heterocycles. The van der Waals surface area contributed by atoms with E-state index in [0.29, 0.717) is 15.7 Å². The molecule has 0 heterocycles. The maximum Gasteiger partial charge on any atom is 0.275 e. The van der Waals surface area contributed by atoms with Gasteiger partial charge in [-0.15, -0.1) is 0 Å². The van der Waals surface area contributed by atoms with Crippen LogP contribution in [0.5, 0.6) is 0 Å². The van der Waals surface area contributed by atoms with Crippen molar-refractivity contribution in [2.45, 2.75) is 6.92 Å². The number of nitrogens with two attached hydrogens (primary N) is 2. The molecule has 0 aliphatic carbocycles. The number of hydrogen-bond donors (Lipinski definition) is 2. The van der Waals surface area contributed by atoms with Crippen molar-refractivity contribution in [3.8, 4) is 0 Å². The molecule has 1 aromatic rings. The Balaban J connectivity index is 3.41. The average molecular weight is 273 g/mol. The Morgan fingerprint density at radius 2 is 2.13 bits per heavy atom. The Morgan fingerprint density at radius 1 is 1.53 bits per heavy atom. The van der Waals surface area contributed by atoms with Gasteiger partial charge in [-0.05, 0) is 13.0 Å². The number of halogens is 1. The molecule has 0 amide bonds. The zero-order chi connectivity index (χ0) is 11.6. The molecule has 0 saturated carbocycles. The number of benzene rings is 1.